The lowest BCUT2D eigenvalue weighted by atomic mass is 10.0. The largest absolute Gasteiger partial charge is 0.319 e. The molecule has 4 nitrogen and oxygen atoms in total. The van der Waals surface area contributed by atoms with Crippen LogP contribution in [0.1, 0.15) is 28.7 Å². The minimum absolute atomic E-state index is 0.218. The molecule has 1 unspecified atom stereocenters. The molecule has 0 bridgehead atoms. The summed E-state index contributed by atoms with van der Waals surface area (Å²) in [7, 11) is 1.89. The second-order valence-corrected chi connectivity index (χ2v) is 4.96. The molecular formula is C12H15BrN4. The zero-order valence-electron chi connectivity index (χ0n) is 10.1. The Hall–Kier alpha value is -1.20. The van der Waals surface area contributed by atoms with Gasteiger partial charge in [-0.05, 0) is 41.4 Å². The predicted molar refractivity (Wildman–Crippen MR) is 70.6 cm³/mol. The lowest BCUT2D eigenvalue weighted by Gasteiger charge is -2.15. The number of halogens is 1. The molecule has 2 heterocycles. The van der Waals surface area contributed by atoms with Gasteiger partial charge in [-0.1, -0.05) is 6.07 Å². The van der Waals surface area contributed by atoms with Crippen LogP contribution in [-0.2, 0) is 7.05 Å². The van der Waals surface area contributed by atoms with Crippen LogP contribution < -0.4 is 5.73 Å². The van der Waals surface area contributed by atoms with Crippen LogP contribution >= 0.6 is 15.9 Å². The van der Waals surface area contributed by atoms with E-state index >= 15 is 0 Å². The molecule has 2 aromatic heterocycles. The van der Waals surface area contributed by atoms with E-state index in [0.29, 0.717) is 0 Å². The monoisotopic (exact) mass is 294 g/mol. The lowest BCUT2D eigenvalue weighted by molar-refractivity contribution is 0.667. The van der Waals surface area contributed by atoms with Gasteiger partial charge in [0.25, 0.3) is 0 Å². The highest BCUT2D eigenvalue weighted by Crippen LogP contribution is 2.27. The molecule has 2 N–H and O–H groups in total. The van der Waals surface area contributed by atoms with Crippen LogP contribution in [0.3, 0.4) is 0 Å². The zero-order chi connectivity index (χ0) is 12.6. The van der Waals surface area contributed by atoms with Gasteiger partial charge in [-0.2, -0.15) is 5.10 Å². The van der Waals surface area contributed by atoms with Crippen LogP contribution in [0.25, 0.3) is 0 Å². The molecular weight excluding hydrogens is 280 g/mol. The van der Waals surface area contributed by atoms with Crippen molar-refractivity contribution in [3.63, 3.8) is 0 Å². The summed E-state index contributed by atoms with van der Waals surface area (Å²) in [5.74, 6) is 0. The molecule has 0 saturated heterocycles. The third-order valence-electron chi connectivity index (χ3n) is 2.83. The molecule has 0 fully saturated rings. The van der Waals surface area contributed by atoms with E-state index in [2.05, 4.69) is 26.0 Å². The number of aromatic nitrogens is 3. The van der Waals surface area contributed by atoms with Gasteiger partial charge >= 0.3 is 0 Å². The second-order valence-electron chi connectivity index (χ2n) is 4.11. The first-order valence-corrected chi connectivity index (χ1v) is 6.17. The maximum absolute atomic E-state index is 6.28. The Morgan fingerprint density at radius 3 is 2.59 bits per heavy atom. The van der Waals surface area contributed by atoms with Crippen LogP contribution in [0, 0.1) is 13.8 Å². The molecule has 0 aliphatic heterocycles. The fourth-order valence-electron chi connectivity index (χ4n) is 1.94. The highest BCUT2D eigenvalue weighted by molar-refractivity contribution is 9.10. The van der Waals surface area contributed by atoms with Gasteiger partial charge in [0, 0.05) is 18.4 Å². The summed E-state index contributed by atoms with van der Waals surface area (Å²) in [5, 5.41) is 4.18. The minimum Gasteiger partial charge on any atom is -0.319 e. The van der Waals surface area contributed by atoms with Crippen molar-refractivity contribution >= 4 is 15.9 Å². The van der Waals surface area contributed by atoms with Crippen molar-refractivity contribution in [3.05, 3.63) is 45.4 Å². The average molecular weight is 295 g/mol. The van der Waals surface area contributed by atoms with E-state index in [1.165, 1.54) is 0 Å². The van der Waals surface area contributed by atoms with Crippen LogP contribution in [-0.4, -0.2) is 14.8 Å². The summed E-state index contributed by atoms with van der Waals surface area (Å²) < 4.78 is 2.71. The average Bonchev–Trinajstić information content (AvgIpc) is 2.58. The van der Waals surface area contributed by atoms with Crippen LogP contribution in [0.4, 0.5) is 0 Å². The topological polar surface area (TPSA) is 56.7 Å². The van der Waals surface area contributed by atoms with E-state index in [9.17, 15) is 0 Å². The van der Waals surface area contributed by atoms with E-state index in [-0.39, 0.29) is 6.04 Å². The molecule has 0 aromatic carbocycles. The van der Waals surface area contributed by atoms with Crippen molar-refractivity contribution < 1.29 is 0 Å². The zero-order valence-corrected chi connectivity index (χ0v) is 11.7. The smallest absolute Gasteiger partial charge is 0.0752 e. The summed E-state index contributed by atoms with van der Waals surface area (Å²) in [6.45, 7) is 3.95. The Morgan fingerprint density at radius 2 is 2.06 bits per heavy atom. The number of hydrogen-bond donors (Lipinski definition) is 1. The fourth-order valence-corrected chi connectivity index (χ4v) is 2.54. The van der Waals surface area contributed by atoms with Crippen molar-refractivity contribution in [3.8, 4) is 0 Å². The summed E-state index contributed by atoms with van der Waals surface area (Å²) in [4.78, 5) is 4.44. The first kappa shape index (κ1) is 12.3. The van der Waals surface area contributed by atoms with Gasteiger partial charge in [-0.25, -0.2) is 0 Å². The predicted octanol–water partition coefficient (Wildman–Crippen LogP) is 2.24. The van der Waals surface area contributed by atoms with Gasteiger partial charge in [0.15, 0.2) is 0 Å². The van der Waals surface area contributed by atoms with E-state index in [4.69, 9.17) is 5.73 Å². The molecule has 0 aliphatic carbocycles. The maximum Gasteiger partial charge on any atom is 0.0752 e. The maximum atomic E-state index is 6.28. The van der Waals surface area contributed by atoms with Crippen LogP contribution in [0.2, 0.25) is 0 Å². The van der Waals surface area contributed by atoms with Gasteiger partial charge < -0.3 is 5.73 Å². The van der Waals surface area contributed by atoms with Gasteiger partial charge in [-0.15, -0.1) is 0 Å². The number of nitrogens with two attached hydrogens (primary N) is 1. The molecule has 0 spiro atoms. The third-order valence-corrected chi connectivity index (χ3v) is 3.44. The number of aryl methyl sites for hydroxylation is 3. The molecule has 90 valence electrons. The molecule has 0 aliphatic rings. The third kappa shape index (κ3) is 2.25. The van der Waals surface area contributed by atoms with Crippen molar-refractivity contribution in [2.75, 3.05) is 0 Å². The quantitative estimate of drug-likeness (QED) is 0.924. The van der Waals surface area contributed by atoms with Crippen molar-refractivity contribution in [2.24, 2.45) is 12.8 Å². The minimum atomic E-state index is -0.218. The van der Waals surface area contributed by atoms with Gasteiger partial charge in [-0.3, -0.25) is 9.67 Å². The number of hydrogen-bond acceptors (Lipinski definition) is 3. The standard InChI is InChI=1S/C12H15BrN4/c1-7-4-5-9(8(2)16-7)11(14)12-10(13)6-15-17(12)3/h4-6,11H,14H2,1-3H3. The van der Waals surface area contributed by atoms with E-state index < -0.39 is 0 Å². The number of pyridine rings is 1. The molecule has 2 aromatic rings. The lowest BCUT2D eigenvalue weighted by Crippen LogP contribution is -2.18. The Morgan fingerprint density at radius 1 is 1.35 bits per heavy atom. The van der Waals surface area contributed by atoms with Crippen molar-refractivity contribution in [1.82, 2.24) is 14.8 Å². The molecule has 0 radical (unpaired) electrons. The summed E-state index contributed by atoms with van der Waals surface area (Å²) in [5.41, 5.74) is 10.2. The Bertz CT molecular complexity index is 528. The van der Waals surface area contributed by atoms with Crippen LogP contribution in [0.5, 0.6) is 0 Å². The highest BCUT2D eigenvalue weighted by Gasteiger charge is 2.18. The van der Waals surface area contributed by atoms with Crippen molar-refractivity contribution in [1.29, 1.82) is 0 Å². The van der Waals surface area contributed by atoms with E-state index in [1.54, 1.807) is 10.9 Å². The summed E-state index contributed by atoms with van der Waals surface area (Å²) in [6, 6.07) is 3.79. The Labute approximate surface area is 109 Å². The normalized spacial score (nSPS) is 12.8. The molecule has 5 heteroatoms. The van der Waals surface area contributed by atoms with Crippen LogP contribution in [0.15, 0.2) is 22.8 Å². The second kappa shape index (κ2) is 4.58. The summed E-state index contributed by atoms with van der Waals surface area (Å²) >= 11 is 3.47. The van der Waals surface area contributed by atoms with E-state index in [0.717, 1.165) is 27.1 Å². The molecule has 2 rings (SSSR count). The highest BCUT2D eigenvalue weighted by atomic mass is 79.9. The van der Waals surface area contributed by atoms with Gasteiger partial charge in [0.05, 0.1) is 22.4 Å². The first-order valence-electron chi connectivity index (χ1n) is 5.38. The Balaban J connectivity index is 2.47. The SMILES string of the molecule is Cc1ccc(C(N)c2c(Br)cnn2C)c(C)n1. The molecule has 17 heavy (non-hydrogen) atoms. The van der Waals surface area contributed by atoms with E-state index in [1.807, 2.05) is 33.0 Å². The fraction of sp³-hybridized carbons (Fsp3) is 0.333. The molecule has 0 amide bonds. The molecule has 0 saturated carbocycles. The number of nitrogens with zero attached hydrogens (tertiary/aromatic N) is 3. The first-order chi connectivity index (χ1) is 8.00. The van der Waals surface area contributed by atoms with Crippen molar-refractivity contribution in [2.45, 2.75) is 19.9 Å². The van der Waals surface area contributed by atoms with Gasteiger partial charge in [0.2, 0.25) is 0 Å². The Kier molecular flexibility index (Phi) is 3.31. The number of rotatable bonds is 2. The molecule has 1 atom stereocenters. The summed E-state index contributed by atoms with van der Waals surface area (Å²) in [6.07, 6.45) is 1.76. The van der Waals surface area contributed by atoms with Gasteiger partial charge in [0.1, 0.15) is 0 Å².